The molecule has 2 aromatic rings. The summed E-state index contributed by atoms with van der Waals surface area (Å²) in [4.78, 5) is 36.5. The zero-order chi connectivity index (χ0) is 19.2. The maximum atomic E-state index is 12.6. The molecule has 0 saturated heterocycles. The second kappa shape index (κ2) is 8.62. The van der Waals surface area contributed by atoms with Crippen LogP contribution < -0.4 is 10.6 Å². The van der Waals surface area contributed by atoms with Crippen molar-refractivity contribution < 1.29 is 19.5 Å². The van der Waals surface area contributed by atoms with E-state index >= 15 is 0 Å². The molecular formula is C19H22N2O4S. The Morgan fingerprint density at radius 3 is 2.38 bits per heavy atom. The molecule has 1 heterocycles. The second-order valence-corrected chi connectivity index (χ2v) is 6.97. The second-order valence-electron chi connectivity index (χ2n) is 6.02. The molecule has 0 radical (unpaired) electrons. The number of carbonyl (C=O) groups is 3. The molecule has 7 heteroatoms. The number of rotatable bonds is 8. The number of aliphatic carboxylic acids is 1. The molecule has 6 nitrogen and oxygen atoms in total. The molecule has 0 aliphatic heterocycles. The standard InChI is InChI=1S/C19H22N2O4S/c1-3-19(4-2,12-16(22)23)21-17(24)13-7-5-8-14(11-13)20-18(25)15-9-6-10-26-15/h5-11H,3-4,12H2,1-2H3,(H,20,25)(H,21,24)(H,22,23). The summed E-state index contributed by atoms with van der Waals surface area (Å²) in [5, 5.41) is 16.6. The van der Waals surface area contributed by atoms with E-state index in [0.29, 0.717) is 29.0 Å². The van der Waals surface area contributed by atoms with Crippen molar-refractivity contribution in [1.29, 1.82) is 0 Å². The average Bonchev–Trinajstić information content (AvgIpc) is 3.15. The molecule has 0 unspecified atom stereocenters. The number of carbonyl (C=O) groups excluding carboxylic acids is 2. The van der Waals surface area contributed by atoms with Crippen molar-refractivity contribution in [3.63, 3.8) is 0 Å². The van der Waals surface area contributed by atoms with Crippen molar-refractivity contribution in [3.05, 3.63) is 52.2 Å². The molecule has 26 heavy (non-hydrogen) atoms. The molecule has 0 saturated carbocycles. The van der Waals surface area contributed by atoms with Gasteiger partial charge in [0, 0.05) is 11.3 Å². The molecule has 0 spiro atoms. The fraction of sp³-hybridized carbons (Fsp3) is 0.316. The van der Waals surface area contributed by atoms with E-state index in [1.807, 2.05) is 19.2 Å². The predicted molar refractivity (Wildman–Crippen MR) is 102 cm³/mol. The van der Waals surface area contributed by atoms with E-state index in [0.717, 1.165) is 0 Å². The molecule has 2 amide bonds. The van der Waals surface area contributed by atoms with Crippen molar-refractivity contribution in [2.24, 2.45) is 0 Å². The molecule has 1 aromatic carbocycles. The fourth-order valence-corrected chi connectivity index (χ4v) is 3.28. The summed E-state index contributed by atoms with van der Waals surface area (Å²) >= 11 is 1.33. The van der Waals surface area contributed by atoms with E-state index in [2.05, 4.69) is 10.6 Å². The molecule has 0 atom stereocenters. The highest BCUT2D eigenvalue weighted by Crippen LogP contribution is 2.21. The van der Waals surface area contributed by atoms with Crippen molar-refractivity contribution in [2.75, 3.05) is 5.32 Å². The lowest BCUT2D eigenvalue weighted by molar-refractivity contribution is -0.138. The van der Waals surface area contributed by atoms with Gasteiger partial charge in [-0.15, -0.1) is 11.3 Å². The zero-order valence-electron chi connectivity index (χ0n) is 14.7. The molecule has 0 fully saturated rings. The number of amides is 2. The first-order valence-electron chi connectivity index (χ1n) is 8.38. The number of hydrogen-bond acceptors (Lipinski definition) is 4. The lowest BCUT2D eigenvalue weighted by Gasteiger charge is -2.31. The Morgan fingerprint density at radius 1 is 1.08 bits per heavy atom. The minimum Gasteiger partial charge on any atom is -0.481 e. The van der Waals surface area contributed by atoms with Gasteiger partial charge in [0.25, 0.3) is 11.8 Å². The first-order valence-corrected chi connectivity index (χ1v) is 9.26. The van der Waals surface area contributed by atoms with Gasteiger partial charge in [0.1, 0.15) is 0 Å². The topological polar surface area (TPSA) is 95.5 Å². The monoisotopic (exact) mass is 374 g/mol. The first kappa shape index (κ1) is 19.7. The van der Waals surface area contributed by atoms with Crippen LogP contribution in [0.15, 0.2) is 41.8 Å². The van der Waals surface area contributed by atoms with Crippen LogP contribution in [-0.4, -0.2) is 28.4 Å². The highest BCUT2D eigenvalue weighted by molar-refractivity contribution is 7.12. The van der Waals surface area contributed by atoms with Crippen LogP contribution in [0.2, 0.25) is 0 Å². The fourth-order valence-electron chi connectivity index (χ4n) is 2.66. The first-order chi connectivity index (χ1) is 12.4. The van der Waals surface area contributed by atoms with Gasteiger partial charge in [0.2, 0.25) is 0 Å². The third-order valence-corrected chi connectivity index (χ3v) is 5.22. The molecule has 2 rings (SSSR count). The van der Waals surface area contributed by atoms with E-state index in [1.165, 1.54) is 11.3 Å². The molecule has 3 N–H and O–H groups in total. The maximum absolute atomic E-state index is 12.6. The van der Waals surface area contributed by atoms with Gasteiger partial charge >= 0.3 is 5.97 Å². The minimum absolute atomic E-state index is 0.138. The Balaban J connectivity index is 2.14. The molecule has 138 valence electrons. The number of hydrogen-bond donors (Lipinski definition) is 3. The normalized spacial score (nSPS) is 11.0. The van der Waals surface area contributed by atoms with E-state index < -0.39 is 11.5 Å². The molecule has 0 bridgehead atoms. The third kappa shape index (κ3) is 4.92. The number of carboxylic acid groups (broad SMARTS) is 1. The maximum Gasteiger partial charge on any atom is 0.305 e. The molecule has 0 aliphatic carbocycles. The van der Waals surface area contributed by atoms with Crippen LogP contribution in [0.1, 0.15) is 53.1 Å². The van der Waals surface area contributed by atoms with Gasteiger partial charge in [-0.25, -0.2) is 0 Å². The number of carboxylic acids is 1. The summed E-state index contributed by atoms with van der Waals surface area (Å²) in [5.41, 5.74) is 0.0811. The number of nitrogens with one attached hydrogen (secondary N) is 2. The van der Waals surface area contributed by atoms with Gasteiger partial charge in [-0.2, -0.15) is 0 Å². The van der Waals surface area contributed by atoms with Crippen LogP contribution in [0.5, 0.6) is 0 Å². The van der Waals surface area contributed by atoms with Gasteiger partial charge < -0.3 is 15.7 Å². The Hall–Kier alpha value is -2.67. The van der Waals surface area contributed by atoms with Gasteiger partial charge in [0.05, 0.1) is 16.8 Å². The van der Waals surface area contributed by atoms with Crippen molar-refractivity contribution in [2.45, 2.75) is 38.6 Å². The van der Waals surface area contributed by atoms with Crippen molar-refractivity contribution >= 4 is 34.8 Å². The molecule has 0 aliphatic rings. The van der Waals surface area contributed by atoms with Crippen molar-refractivity contribution in [3.8, 4) is 0 Å². The Morgan fingerprint density at radius 2 is 1.81 bits per heavy atom. The number of anilines is 1. The highest BCUT2D eigenvalue weighted by atomic mass is 32.1. The van der Waals surface area contributed by atoms with E-state index in [-0.39, 0.29) is 18.2 Å². The van der Waals surface area contributed by atoms with Crippen LogP contribution in [0, 0.1) is 0 Å². The summed E-state index contributed by atoms with van der Waals surface area (Å²) < 4.78 is 0. The van der Waals surface area contributed by atoms with Crippen LogP contribution in [0.4, 0.5) is 5.69 Å². The molecule has 1 aromatic heterocycles. The van der Waals surface area contributed by atoms with Crippen LogP contribution in [0.25, 0.3) is 0 Å². The quantitative estimate of drug-likeness (QED) is 0.655. The van der Waals surface area contributed by atoms with E-state index in [9.17, 15) is 14.4 Å². The summed E-state index contributed by atoms with van der Waals surface area (Å²) in [6.45, 7) is 3.70. The third-order valence-electron chi connectivity index (χ3n) is 4.35. The Bertz CT molecular complexity index is 783. The van der Waals surface area contributed by atoms with Crippen LogP contribution >= 0.6 is 11.3 Å². The molecular weight excluding hydrogens is 352 g/mol. The number of benzene rings is 1. The summed E-state index contributed by atoms with van der Waals surface area (Å²) in [6, 6.07) is 10.1. The van der Waals surface area contributed by atoms with Crippen molar-refractivity contribution in [1.82, 2.24) is 5.32 Å². The van der Waals surface area contributed by atoms with Gasteiger partial charge in [0.15, 0.2) is 0 Å². The lowest BCUT2D eigenvalue weighted by Crippen LogP contribution is -2.49. The Kier molecular flexibility index (Phi) is 6.52. The summed E-state index contributed by atoms with van der Waals surface area (Å²) in [7, 11) is 0. The van der Waals surface area contributed by atoms with E-state index in [4.69, 9.17) is 5.11 Å². The minimum atomic E-state index is -0.953. The average molecular weight is 374 g/mol. The summed E-state index contributed by atoms with van der Waals surface area (Å²) in [6.07, 6.45) is 0.882. The largest absolute Gasteiger partial charge is 0.481 e. The van der Waals surface area contributed by atoms with Crippen LogP contribution in [-0.2, 0) is 4.79 Å². The highest BCUT2D eigenvalue weighted by Gasteiger charge is 2.31. The SMILES string of the molecule is CCC(CC)(CC(=O)O)NC(=O)c1cccc(NC(=O)c2cccs2)c1. The Labute approximate surface area is 156 Å². The van der Waals surface area contributed by atoms with Gasteiger partial charge in [-0.05, 0) is 42.5 Å². The van der Waals surface area contributed by atoms with Gasteiger partial charge in [-0.3, -0.25) is 14.4 Å². The zero-order valence-corrected chi connectivity index (χ0v) is 15.6. The van der Waals surface area contributed by atoms with Gasteiger partial charge in [-0.1, -0.05) is 26.0 Å². The lowest BCUT2D eigenvalue weighted by atomic mass is 9.88. The van der Waals surface area contributed by atoms with Crippen LogP contribution in [0.3, 0.4) is 0 Å². The number of thiophene rings is 1. The summed E-state index contributed by atoms with van der Waals surface area (Å²) in [5.74, 6) is -1.55. The smallest absolute Gasteiger partial charge is 0.305 e. The predicted octanol–water partition coefficient (Wildman–Crippen LogP) is 3.76. The van der Waals surface area contributed by atoms with E-state index in [1.54, 1.807) is 36.4 Å².